The van der Waals surface area contributed by atoms with E-state index in [-0.39, 0.29) is 0 Å². The molecular formula is C21H22FNO3. The normalized spacial score (nSPS) is 12.0. The highest BCUT2D eigenvalue weighted by Gasteiger charge is 2.10. The molecule has 0 saturated carbocycles. The van der Waals surface area contributed by atoms with E-state index >= 15 is 0 Å². The van der Waals surface area contributed by atoms with Crippen LogP contribution in [0.1, 0.15) is 18.2 Å². The van der Waals surface area contributed by atoms with Crippen molar-refractivity contribution >= 4 is 10.8 Å². The Morgan fingerprint density at radius 3 is 2.35 bits per heavy atom. The number of methoxy groups -OCH3 is 2. The minimum absolute atomic E-state index is 0.442. The number of rotatable bonds is 7. The second kappa shape index (κ2) is 8.04. The number of hydrogen-bond donors (Lipinski definition) is 0. The summed E-state index contributed by atoms with van der Waals surface area (Å²) >= 11 is 0. The van der Waals surface area contributed by atoms with Gasteiger partial charge in [-0.2, -0.15) is 0 Å². The van der Waals surface area contributed by atoms with Gasteiger partial charge in [-0.05, 0) is 48.2 Å². The van der Waals surface area contributed by atoms with E-state index in [1.807, 2.05) is 42.5 Å². The zero-order valence-corrected chi connectivity index (χ0v) is 15.2. The summed E-state index contributed by atoms with van der Waals surface area (Å²) in [6.07, 6.45) is 2.03. The third-order valence-electron chi connectivity index (χ3n) is 4.20. The first-order valence-electron chi connectivity index (χ1n) is 8.45. The zero-order valence-electron chi connectivity index (χ0n) is 15.2. The van der Waals surface area contributed by atoms with Crippen LogP contribution in [0.15, 0.2) is 48.7 Å². The number of fused-ring (bicyclic) bond motifs is 1. The molecule has 26 heavy (non-hydrogen) atoms. The van der Waals surface area contributed by atoms with Crippen molar-refractivity contribution in [3.8, 4) is 17.2 Å². The van der Waals surface area contributed by atoms with Crippen LogP contribution < -0.4 is 14.2 Å². The summed E-state index contributed by atoms with van der Waals surface area (Å²) in [6, 6.07) is 13.5. The lowest BCUT2D eigenvalue weighted by atomic mass is 10.0. The number of halogens is 1. The lowest BCUT2D eigenvalue weighted by Gasteiger charge is -2.13. The number of pyridine rings is 1. The van der Waals surface area contributed by atoms with Crippen molar-refractivity contribution in [2.24, 2.45) is 0 Å². The molecule has 0 saturated heterocycles. The van der Waals surface area contributed by atoms with Crippen molar-refractivity contribution < 1.29 is 18.6 Å². The van der Waals surface area contributed by atoms with Gasteiger partial charge < -0.3 is 14.2 Å². The van der Waals surface area contributed by atoms with Crippen molar-refractivity contribution in [1.82, 2.24) is 4.98 Å². The van der Waals surface area contributed by atoms with Gasteiger partial charge in [0.05, 0.1) is 19.9 Å². The molecule has 0 amide bonds. The highest BCUT2D eigenvalue weighted by atomic mass is 19.1. The second-order valence-corrected chi connectivity index (χ2v) is 6.09. The Morgan fingerprint density at radius 1 is 1.00 bits per heavy atom. The van der Waals surface area contributed by atoms with Gasteiger partial charge in [-0.25, -0.2) is 4.39 Å². The van der Waals surface area contributed by atoms with Crippen LogP contribution in [0.25, 0.3) is 10.8 Å². The van der Waals surface area contributed by atoms with Gasteiger partial charge in [0.15, 0.2) is 11.5 Å². The van der Waals surface area contributed by atoms with E-state index in [1.54, 1.807) is 27.3 Å². The monoisotopic (exact) mass is 355 g/mol. The summed E-state index contributed by atoms with van der Waals surface area (Å²) in [5.74, 6) is 2.04. The largest absolute Gasteiger partial charge is 0.493 e. The number of benzene rings is 2. The van der Waals surface area contributed by atoms with E-state index in [1.165, 1.54) is 0 Å². The van der Waals surface area contributed by atoms with Crippen LogP contribution >= 0.6 is 0 Å². The maximum Gasteiger partial charge on any atom is 0.161 e. The number of alkyl halides is 1. The third kappa shape index (κ3) is 3.87. The predicted molar refractivity (Wildman–Crippen MR) is 100 cm³/mol. The topological polar surface area (TPSA) is 40.6 Å². The van der Waals surface area contributed by atoms with E-state index in [0.717, 1.165) is 22.0 Å². The molecule has 1 heterocycles. The maximum atomic E-state index is 12.6. The molecule has 0 aliphatic carbocycles. The molecule has 0 fully saturated rings. The summed E-state index contributed by atoms with van der Waals surface area (Å²) < 4.78 is 28.8. The van der Waals surface area contributed by atoms with Gasteiger partial charge in [-0.1, -0.05) is 12.1 Å². The van der Waals surface area contributed by atoms with Crippen LogP contribution in [0, 0.1) is 0 Å². The molecule has 0 aliphatic heterocycles. The van der Waals surface area contributed by atoms with E-state index in [2.05, 4.69) is 4.98 Å². The molecule has 0 spiro atoms. The molecule has 0 radical (unpaired) electrons. The van der Waals surface area contributed by atoms with Gasteiger partial charge in [-0.15, -0.1) is 0 Å². The van der Waals surface area contributed by atoms with Gasteiger partial charge in [0.2, 0.25) is 0 Å². The van der Waals surface area contributed by atoms with E-state index in [4.69, 9.17) is 14.2 Å². The molecular weight excluding hydrogens is 333 g/mol. The molecule has 5 heteroatoms. The quantitative estimate of drug-likeness (QED) is 0.622. The summed E-state index contributed by atoms with van der Waals surface area (Å²) in [5, 5.41) is 2.07. The molecule has 2 aromatic carbocycles. The van der Waals surface area contributed by atoms with Crippen molar-refractivity contribution in [2.75, 3.05) is 20.9 Å². The molecule has 3 rings (SSSR count). The molecule has 0 bridgehead atoms. The van der Waals surface area contributed by atoms with Gasteiger partial charge in [-0.3, -0.25) is 4.98 Å². The third-order valence-corrected chi connectivity index (χ3v) is 4.20. The predicted octanol–water partition coefficient (Wildman–Crippen LogP) is 4.58. The fourth-order valence-corrected chi connectivity index (χ4v) is 2.84. The van der Waals surface area contributed by atoms with E-state index in [9.17, 15) is 4.39 Å². The Labute approximate surface area is 152 Å². The lowest BCUT2D eigenvalue weighted by molar-refractivity contribution is 0.182. The first-order chi connectivity index (χ1) is 12.6. The number of ether oxygens (including phenoxy) is 3. The molecule has 136 valence electrons. The minimum Gasteiger partial charge on any atom is -0.493 e. The fraction of sp³-hybridized carbons (Fsp3) is 0.286. The molecule has 0 N–H and O–H groups in total. The minimum atomic E-state index is -0.507. The molecule has 3 aromatic rings. The van der Waals surface area contributed by atoms with Crippen molar-refractivity contribution in [3.05, 3.63) is 59.9 Å². The average Bonchev–Trinajstić information content (AvgIpc) is 2.68. The van der Waals surface area contributed by atoms with E-state index < -0.39 is 12.8 Å². The average molecular weight is 355 g/mol. The Bertz CT molecular complexity index is 880. The summed E-state index contributed by atoms with van der Waals surface area (Å²) in [4.78, 5) is 4.54. The van der Waals surface area contributed by atoms with Crippen LogP contribution in [-0.2, 0) is 6.42 Å². The van der Waals surface area contributed by atoms with Crippen LogP contribution in [-0.4, -0.2) is 32.0 Å². The first kappa shape index (κ1) is 18.0. The molecule has 1 unspecified atom stereocenters. The van der Waals surface area contributed by atoms with Gasteiger partial charge >= 0.3 is 0 Å². The zero-order chi connectivity index (χ0) is 18.5. The molecule has 1 atom stereocenters. The fourth-order valence-electron chi connectivity index (χ4n) is 2.84. The second-order valence-electron chi connectivity index (χ2n) is 6.09. The number of aromatic nitrogens is 1. The van der Waals surface area contributed by atoms with Gasteiger partial charge in [0.1, 0.15) is 18.5 Å². The van der Waals surface area contributed by atoms with Crippen LogP contribution in [0.3, 0.4) is 0 Å². The van der Waals surface area contributed by atoms with Crippen LogP contribution in [0.2, 0.25) is 0 Å². The Balaban J connectivity index is 1.88. The highest BCUT2D eigenvalue weighted by Crippen LogP contribution is 2.33. The van der Waals surface area contributed by atoms with Crippen molar-refractivity contribution in [1.29, 1.82) is 0 Å². The van der Waals surface area contributed by atoms with Crippen molar-refractivity contribution in [2.45, 2.75) is 19.4 Å². The smallest absolute Gasteiger partial charge is 0.161 e. The summed E-state index contributed by atoms with van der Waals surface area (Å²) in [6.45, 7) is 1.20. The Hall–Kier alpha value is -2.82. The molecule has 4 nitrogen and oxygen atoms in total. The van der Waals surface area contributed by atoms with Gasteiger partial charge in [0, 0.05) is 18.0 Å². The van der Waals surface area contributed by atoms with Crippen LogP contribution in [0.5, 0.6) is 17.2 Å². The Morgan fingerprint density at radius 2 is 1.69 bits per heavy atom. The number of hydrogen-bond acceptors (Lipinski definition) is 4. The highest BCUT2D eigenvalue weighted by molar-refractivity contribution is 5.88. The Kier molecular flexibility index (Phi) is 5.56. The lowest BCUT2D eigenvalue weighted by Crippen LogP contribution is -2.13. The van der Waals surface area contributed by atoms with Crippen LogP contribution in [0.4, 0.5) is 4.39 Å². The maximum absolute atomic E-state index is 12.6. The molecule has 0 aliphatic rings. The number of nitrogens with zero attached hydrogens (tertiary/aromatic N) is 1. The standard InChI is InChI=1S/C21H22FNO3/c1-14(13-22)26-17-6-4-15(5-7-17)10-19-18-12-21(25-3)20(24-2)11-16(18)8-9-23-19/h4-9,11-12,14H,10,13H2,1-3H3. The summed E-state index contributed by atoms with van der Waals surface area (Å²) in [7, 11) is 3.25. The van der Waals surface area contributed by atoms with Gasteiger partial charge in [0.25, 0.3) is 0 Å². The summed E-state index contributed by atoms with van der Waals surface area (Å²) in [5.41, 5.74) is 2.05. The molecule has 1 aromatic heterocycles. The SMILES string of the molecule is COc1cc2ccnc(Cc3ccc(OC(C)CF)cc3)c2cc1OC. The van der Waals surface area contributed by atoms with Crippen molar-refractivity contribution in [3.63, 3.8) is 0 Å². The first-order valence-corrected chi connectivity index (χ1v) is 8.45. The van der Waals surface area contributed by atoms with E-state index in [0.29, 0.717) is 23.7 Å².